The molecule has 1 aliphatic carbocycles. The molecule has 1 amide bonds. The molecule has 10 nitrogen and oxygen atoms in total. The van der Waals surface area contributed by atoms with Crippen LogP contribution in [0.25, 0.3) is 10.9 Å². The van der Waals surface area contributed by atoms with E-state index in [1.807, 2.05) is 29.1 Å². The van der Waals surface area contributed by atoms with Crippen LogP contribution in [-0.4, -0.2) is 43.0 Å². The van der Waals surface area contributed by atoms with Gasteiger partial charge in [-0.2, -0.15) is 10.1 Å². The highest BCUT2D eigenvalue weighted by Gasteiger charge is 2.23. The highest BCUT2D eigenvalue weighted by atomic mass is 16.1. The van der Waals surface area contributed by atoms with Gasteiger partial charge in [0.05, 0.1) is 11.7 Å². The van der Waals surface area contributed by atoms with Crippen molar-refractivity contribution in [1.29, 1.82) is 0 Å². The number of nitrogens with one attached hydrogen (secondary N) is 2. The van der Waals surface area contributed by atoms with E-state index in [1.54, 1.807) is 0 Å². The Hall–Kier alpha value is -3.27. The smallest absolute Gasteiger partial charge is 0.273 e. The molecular weight excluding hydrogens is 382 g/mol. The lowest BCUT2D eigenvalue weighted by atomic mass is 9.91. The van der Waals surface area contributed by atoms with Crippen molar-refractivity contribution in [3.05, 3.63) is 30.1 Å². The zero-order chi connectivity index (χ0) is 21.3. The summed E-state index contributed by atoms with van der Waals surface area (Å²) in [6.45, 7) is 4.16. The van der Waals surface area contributed by atoms with Crippen LogP contribution in [0.5, 0.6) is 0 Å². The number of carbonyl (C=O) groups is 1. The Morgan fingerprint density at radius 2 is 2.03 bits per heavy atom. The minimum absolute atomic E-state index is 0.0218. The molecule has 4 rings (SSSR count). The number of primary amides is 1. The standard InChI is InChI=1S/C20H27N9O/c1-11(2)29-16-8-7-13(9-12(16)10-23-29)24-19-17(18(22)30)27-28-20(26-19)25-15-6-4-3-5-14(15)21/h7-11,14-15H,3-6,21H2,1-2H3,(H2,22,30)(H2,24,25,26,28)/t14-,15+/m0/s1. The average molecular weight is 409 g/mol. The predicted molar refractivity (Wildman–Crippen MR) is 116 cm³/mol. The summed E-state index contributed by atoms with van der Waals surface area (Å²) in [6.07, 6.45) is 5.95. The first-order valence-electron chi connectivity index (χ1n) is 10.2. The number of amides is 1. The summed E-state index contributed by atoms with van der Waals surface area (Å²) in [5.41, 5.74) is 13.4. The Morgan fingerprint density at radius 3 is 2.77 bits per heavy atom. The van der Waals surface area contributed by atoms with Gasteiger partial charge in [-0.1, -0.05) is 12.8 Å². The van der Waals surface area contributed by atoms with Gasteiger partial charge >= 0.3 is 0 Å². The third-order valence-electron chi connectivity index (χ3n) is 5.40. The van der Waals surface area contributed by atoms with E-state index < -0.39 is 5.91 Å². The van der Waals surface area contributed by atoms with E-state index in [0.717, 1.165) is 42.3 Å². The Morgan fingerprint density at radius 1 is 1.23 bits per heavy atom. The maximum atomic E-state index is 11.8. The second-order valence-corrected chi connectivity index (χ2v) is 7.98. The number of nitrogens with two attached hydrogens (primary N) is 2. The zero-order valence-corrected chi connectivity index (χ0v) is 17.2. The third-order valence-corrected chi connectivity index (χ3v) is 5.40. The quantitative estimate of drug-likeness (QED) is 0.484. The van der Waals surface area contributed by atoms with Crippen molar-refractivity contribution in [3.63, 3.8) is 0 Å². The van der Waals surface area contributed by atoms with Crippen molar-refractivity contribution >= 4 is 34.3 Å². The summed E-state index contributed by atoms with van der Waals surface area (Å²) in [5.74, 6) is -0.134. The monoisotopic (exact) mass is 409 g/mol. The van der Waals surface area contributed by atoms with Gasteiger partial charge in [-0.15, -0.1) is 10.2 Å². The minimum Gasteiger partial charge on any atom is -0.364 e. The first kappa shape index (κ1) is 20.0. The summed E-state index contributed by atoms with van der Waals surface area (Å²) >= 11 is 0. The summed E-state index contributed by atoms with van der Waals surface area (Å²) in [5, 5.41) is 19.8. The number of benzene rings is 1. The predicted octanol–water partition coefficient (Wildman–Crippen LogP) is 2.33. The van der Waals surface area contributed by atoms with E-state index in [0.29, 0.717) is 5.95 Å². The van der Waals surface area contributed by atoms with Crippen molar-refractivity contribution < 1.29 is 4.79 Å². The fourth-order valence-electron chi connectivity index (χ4n) is 3.82. The van der Waals surface area contributed by atoms with Crippen LogP contribution in [0, 0.1) is 0 Å². The molecule has 3 aromatic rings. The molecule has 1 aliphatic rings. The molecule has 0 spiro atoms. The minimum atomic E-state index is -0.702. The van der Waals surface area contributed by atoms with Gasteiger partial charge in [0, 0.05) is 29.2 Å². The molecule has 1 saturated carbocycles. The lowest BCUT2D eigenvalue weighted by Crippen LogP contribution is -2.43. The normalized spacial score (nSPS) is 19.2. The van der Waals surface area contributed by atoms with Gasteiger partial charge in [-0.3, -0.25) is 9.48 Å². The molecule has 2 atom stereocenters. The summed E-state index contributed by atoms with van der Waals surface area (Å²) in [4.78, 5) is 16.3. The first-order valence-corrected chi connectivity index (χ1v) is 10.2. The number of aromatic nitrogens is 5. The molecule has 0 saturated heterocycles. The average Bonchev–Trinajstić information content (AvgIpc) is 3.13. The van der Waals surface area contributed by atoms with Crippen LogP contribution in [0.1, 0.15) is 56.1 Å². The van der Waals surface area contributed by atoms with Crippen molar-refractivity contribution in [2.45, 2.75) is 57.7 Å². The van der Waals surface area contributed by atoms with Crippen LogP contribution in [0.15, 0.2) is 24.4 Å². The molecule has 0 unspecified atom stereocenters. The van der Waals surface area contributed by atoms with Gasteiger partial charge in [0.2, 0.25) is 5.95 Å². The second-order valence-electron chi connectivity index (χ2n) is 7.98. The van der Waals surface area contributed by atoms with Gasteiger partial charge in [0.15, 0.2) is 11.5 Å². The van der Waals surface area contributed by atoms with Gasteiger partial charge in [-0.05, 0) is 44.9 Å². The van der Waals surface area contributed by atoms with Crippen molar-refractivity contribution in [2.75, 3.05) is 10.6 Å². The molecule has 2 aromatic heterocycles. The maximum Gasteiger partial charge on any atom is 0.273 e. The van der Waals surface area contributed by atoms with Crippen molar-refractivity contribution in [2.24, 2.45) is 11.5 Å². The Balaban J connectivity index is 1.61. The summed E-state index contributed by atoms with van der Waals surface area (Å²) in [7, 11) is 0. The van der Waals surface area contributed by atoms with Crippen molar-refractivity contribution in [3.8, 4) is 0 Å². The van der Waals surface area contributed by atoms with Crippen LogP contribution in [-0.2, 0) is 0 Å². The highest BCUT2D eigenvalue weighted by molar-refractivity contribution is 5.96. The highest BCUT2D eigenvalue weighted by Crippen LogP contribution is 2.25. The summed E-state index contributed by atoms with van der Waals surface area (Å²) < 4.78 is 1.95. The molecule has 0 radical (unpaired) electrons. The molecule has 0 aliphatic heterocycles. The molecule has 1 aromatic carbocycles. The molecule has 30 heavy (non-hydrogen) atoms. The van der Waals surface area contributed by atoms with Crippen molar-refractivity contribution in [1.82, 2.24) is 25.0 Å². The summed E-state index contributed by atoms with van der Waals surface area (Å²) in [6, 6.07) is 6.19. The fraction of sp³-hybridized carbons (Fsp3) is 0.450. The molecular formula is C20H27N9O. The fourth-order valence-corrected chi connectivity index (χ4v) is 3.82. The SMILES string of the molecule is CC(C)n1ncc2cc(Nc3nc(N[C@@H]4CCCC[C@@H]4N)nnc3C(N)=O)ccc21. The molecule has 10 heteroatoms. The second kappa shape index (κ2) is 8.23. The van der Waals surface area contributed by atoms with Gasteiger partial charge < -0.3 is 22.1 Å². The Labute approximate surface area is 174 Å². The first-order chi connectivity index (χ1) is 14.4. The van der Waals surface area contributed by atoms with Gasteiger partial charge in [0.1, 0.15) is 0 Å². The van der Waals surface area contributed by atoms with Gasteiger partial charge in [0.25, 0.3) is 5.91 Å². The van der Waals surface area contributed by atoms with Crippen LogP contribution in [0.2, 0.25) is 0 Å². The molecule has 1 fully saturated rings. The maximum absolute atomic E-state index is 11.8. The number of nitrogens with zero attached hydrogens (tertiary/aromatic N) is 5. The number of carbonyl (C=O) groups excluding carboxylic acids is 1. The Bertz CT molecular complexity index is 1060. The molecule has 2 heterocycles. The lowest BCUT2D eigenvalue weighted by Gasteiger charge is -2.29. The van der Waals surface area contributed by atoms with E-state index in [9.17, 15) is 4.79 Å². The van der Waals surface area contributed by atoms with E-state index in [4.69, 9.17) is 11.5 Å². The van der Waals surface area contributed by atoms with Crippen LogP contribution in [0.3, 0.4) is 0 Å². The van der Waals surface area contributed by atoms with E-state index in [1.165, 1.54) is 0 Å². The number of fused-ring (bicyclic) bond motifs is 1. The number of rotatable bonds is 6. The zero-order valence-electron chi connectivity index (χ0n) is 17.2. The van der Waals surface area contributed by atoms with Crippen LogP contribution < -0.4 is 22.1 Å². The van der Waals surface area contributed by atoms with E-state index >= 15 is 0 Å². The number of hydrogen-bond acceptors (Lipinski definition) is 8. The largest absolute Gasteiger partial charge is 0.364 e. The third kappa shape index (κ3) is 4.04. The number of hydrogen-bond donors (Lipinski definition) is 4. The molecule has 6 N–H and O–H groups in total. The lowest BCUT2D eigenvalue weighted by molar-refractivity contribution is 0.0995. The van der Waals surface area contributed by atoms with Crippen LogP contribution >= 0.6 is 0 Å². The Kier molecular flexibility index (Phi) is 5.49. The van der Waals surface area contributed by atoms with Crippen LogP contribution in [0.4, 0.5) is 17.5 Å². The van der Waals surface area contributed by atoms with E-state index in [2.05, 4.69) is 44.8 Å². The topological polar surface area (TPSA) is 150 Å². The molecule has 0 bridgehead atoms. The van der Waals surface area contributed by atoms with E-state index in [-0.39, 0.29) is 29.6 Å². The van der Waals surface area contributed by atoms with Gasteiger partial charge in [-0.25, -0.2) is 0 Å². The molecule has 158 valence electrons. The number of anilines is 3.